The fourth-order valence-electron chi connectivity index (χ4n) is 6.17. The number of hydrogen-bond donors (Lipinski definition) is 0. The van der Waals surface area contributed by atoms with Crippen molar-refractivity contribution in [3.63, 3.8) is 0 Å². The van der Waals surface area contributed by atoms with Crippen LogP contribution in [-0.2, 0) is 27.9 Å². The maximum Gasteiger partial charge on any atom is 0.410 e. The summed E-state index contributed by atoms with van der Waals surface area (Å²) >= 11 is 0. The molecule has 2 aromatic carbocycles. The van der Waals surface area contributed by atoms with Crippen molar-refractivity contribution >= 4 is 34.6 Å². The van der Waals surface area contributed by atoms with Crippen LogP contribution in [0.5, 0.6) is 5.75 Å². The quantitative estimate of drug-likeness (QED) is 0.369. The standard InChI is InChI=1S/C33H43N5O6/c1-33(2,3)44-32(42)34(4)20-23-15-17-36(18-16-23)24-9-12-26-28(19-24)35(5)31(41)38(26)27-13-14-29(39)37(30(27)40)21-22-7-10-25(43-6)11-8-22/h7-12,19,23,27H,13-18,20-21H2,1-6H3. The molecule has 0 radical (unpaired) electrons. The van der Waals surface area contributed by atoms with Crippen LogP contribution in [0.25, 0.3) is 11.0 Å². The lowest BCUT2D eigenvalue weighted by molar-refractivity contribution is -0.151. The number of carbonyl (C=O) groups excluding carboxylic acids is 3. The van der Waals surface area contributed by atoms with E-state index in [1.54, 1.807) is 47.4 Å². The number of hydrogen-bond acceptors (Lipinski definition) is 7. The van der Waals surface area contributed by atoms with Crippen LogP contribution in [-0.4, -0.2) is 76.2 Å². The van der Waals surface area contributed by atoms with Crippen molar-refractivity contribution in [3.05, 3.63) is 58.5 Å². The lowest BCUT2D eigenvalue weighted by Gasteiger charge is -2.35. The van der Waals surface area contributed by atoms with Gasteiger partial charge >= 0.3 is 11.8 Å². The Bertz CT molecular complexity index is 1590. The molecule has 0 aliphatic carbocycles. The highest BCUT2D eigenvalue weighted by atomic mass is 16.6. The molecule has 236 valence electrons. The SMILES string of the molecule is COc1ccc(CN2C(=O)CCC(n3c(=O)n(C)c4cc(N5CCC(CN(C)C(=O)OC(C)(C)C)CC5)ccc43)C2=O)cc1. The first kappa shape index (κ1) is 31.2. The minimum atomic E-state index is -0.759. The van der Waals surface area contributed by atoms with Gasteiger partial charge in [-0.05, 0) is 81.8 Å². The van der Waals surface area contributed by atoms with E-state index < -0.39 is 11.6 Å². The lowest BCUT2D eigenvalue weighted by atomic mass is 9.96. The Morgan fingerprint density at radius 3 is 2.30 bits per heavy atom. The Morgan fingerprint density at radius 2 is 1.66 bits per heavy atom. The number of carbonyl (C=O) groups is 3. The monoisotopic (exact) mass is 605 g/mol. The highest BCUT2D eigenvalue weighted by Crippen LogP contribution is 2.31. The number of imidazole rings is 1. The predicted molar refractivity (Wildman–Crippen MR) is 168 cm³/mol. The highest BCUT2D eigenvalue weighted by molar-refractivity contribution is 6.00. The second kappa shape index (κ2) is 12.4. The van der Waals surface area contributed by atoms with Gasteiger partial charge in [0.2, 0.25) is 5.91 Å². The van der Waals surface area contributed by atoms with Gasteiger partial charge < -0.3 is 19.3 Å². The highest BCUT2D eigenvalue weighted by Gasteiger charge is 2.37. The summed E-state index contributed by atoms with van der Waals surface area (Å²) in [6.45, 7) is 8.05. The number of piperidine rings is 2. The molecule has 2 aliphatic heterocycles. The van der Waals surface area contributed by atoms with Gasteiger partial charge in [0.1, 0.15) is 17.4 Å². The van der Waals surface area contributed by atoms with Gasteiger partial charge in [0.05, 0.1) is 24.7 Å². The largest absolute Gasteiger partial charge is 0.497 e. The first-order valence-electron chi connectivity index (χ1n) is 15.2. The molecule has 5 rings (SSSR count). The fourth-order valence-corrected chi connectivity index (χ4v) is 6.17. The van der Waals surface area contributed by atoms with Crippen molar-refractivity contribution in [2.75, 3.05) is 38.7 Å². The maximum absolute atomic E-state index is 13.7. The van der Waals surface area contributed by atoms with Gasteiger partial charge in [-0.3, -0.25) is 23.6 Å². The Morgan fingerprint density at radius 1 is 0.977 bits per heavy atom. The van der Waals surface area contributed by atoms with Crippen LogP contribution in [0.2, 0.25) is 0 Å². The average molecular weight is 606 g/mol. The zero-order chi connectivity index (χ0) is 31.8. The van der Waals surface area contributed by atoms with Crippen molar-refractivity contribution in [1.29, 1.82) is 0 Å². The van der Waals surface area contributed by atoms with Crippen molar-refractivity contribution in [3.8, 4) is 5.75 Å². The normalized spacial score (nSPS) is 18.2. The molecular formula is C33H43N5O6. The predicted octanol–water partition coefficient (Wildman–Crippen LogP) is 4.32. The number of methoxy groups -OCH3 is 1. The Hall–Kier alpha value is -4.28. The Labute approximate surface area is 257 Å². The molecule has 2 fully saturated rings. The molecule has 0 bridgehead atoms. The summed E-state index contributed by atoms with van der Waals surface area (Å²) in [6, 6.07) is 12.4. The number of imide groups is 1. The van der Waals surface area contributed by atoms with Gasteiger partial charge in [-0.1, -0.05) is 12.1 Å². The number of aromatic nitrogens is 2. The van der Waals surface area contributed by atoms with E-state index in [-0.39, 0.29) is 43.0 Å². The summed E-state index contributed by atoms with van der Waals surface area (Å²) < 4.78 is 13.8. The number of rotatable bonds is 7. The van der Waals surface area contributed by atoms with Crippen molar-refractivity contribution in [2.45, 2.75) is 64.6 Å². The van der Waals surface area contributed by atoms with E-state index in [1.807, 2.05) is 51.1 Å². The van der Waals surface area contributed by atoms with E-state index in [0.29, 0.717) is 23.7 Å². The molecule has 0 spiro atoms. The second-order valence-corrected chi connectivity index (χ2v) is 12.9. The molecule has 2 saturated heterocycles. The van der Waals surface area contributed by atoms with Gasteiger partial charge in [-0.2, -0.15) is 0 Å². The molecule has 3 aromatic rings. The molecular weight excluding hydrogens is 562 g/mol. The third kappa shape index (κ3) is 6.46. The summed E-state index contributed by atoms with van der Waals surface area (Å²) in [5.41, 5.74) is 2.43. The van der Waals surface area contributed by atoms with Crippen LogP contribution < -0.4 is 15.3 Å². The van der Waals surface area contributed by atoms with E-state index in [0.717, 1.165) is 42.7 Å². The lowest BCUT2D eigenvalue weighted by Crippen LogP contribution is -2.47. The van der Waals surface area contributed by atoms with Crippen molar-refractivity contribution in [1.82, 2.24) is 18.9 Å². The number of anilines is 1. The molecule has 1 atom stereocenters. The van der Waals surface area contributed by atoms with Gasteiger partial charge in [0.25, 0.3) is 5.91 Å². The van der Waals surface area contributed by atoms with Crippen molar-refractivity contribution in [2.24, 2.45) is 13.0 Å². The second-order valence-electron chi connectivity index (χ2n) is 12.9. The first-order chi connectivity index (χ1) is 20.9. The van der Waals surface area contributed by atoms with E-state index in [9.17, 15) is 19.2 Å². The minimum absolute atomic E-state index is 0.144. The molecule has 0 N–H and O–H groups in total. The van der Waals surface area contributed by atoms with Gasteiger partial charge in [-0.25, -0.2) is 9.59 Å². The summed E-state index contributed by atoms with van der Waals surface area (Å²) in [7, 11) is 5.09. The average Bonchev–Trinajstić information content (AvgIpc) is 3.24. The van der Waals surface area contributed by atoms with Gasteiger partial charge in [0.15, 0.2) is 0 Å². The smallest absolute Gasteiger partial charge is 0.410 e. The van der Waals surface area contributed by atoms with Crippen LogP contribution in [0.15, 0.2) is 47.3 Å². The molecule has 11 heteroatoms. The summed E-state index contributed by atoms with van der Waals surface area (Å²) in [5, 5.41) is 0. The number of nitrogens with zero attached hydrogens (tertiary/aromatic N) is 5. The third-order valence-corrected chi connectivity index (χ3v) is 8.59. The van der Waals surface area contributed by atoms with E-state index in [2.05, 4.69) is 4.90 Å². The molecule has 3 amide bonds. The third-order valence-electron chi connectivity index (χ3n) is 8.59. The van der Waals surface area contributed by atoms with Gasteiger partial charge in [0, 0.05) is 45.8 Å². The molecule has 11 nitrogen and oxygen atoms in total. The fraction of sp³-hybridized carbons (Fsp3) is 0.515. The van der Waals surface area contributed by atoms with Crippen LogP contribution in [0.4, 0.5) is 10.5 Å². The number of fused-ring (bicyclic) bond motifs is 1. The summed E-state index contributed by atoms with van der Waals surface area (Å²) in [6.07, 6.45) is 2.02. The van der Waals surface area contributed by atoms with Crippen LogP contribution in [0.3, 0.4) is 0 Å². The maximum atomic E-state index is 13.7. The molecule has 3 heterocycles. The van der Waals surface area contributed by atoms with Crippen LogP contribution >= 0.6 is 0 Å². The van der Waals surface area contributed by atoms with E-state index in [1.165, 1.54) is 4.90 Å². The number of likely N-dealkylation sites (tertiary alicyclic amines) is 1. The number of amides is 3. The number of benzene rings is 2. The van der Waals surface area contributed by atoms with Crippen LogP contribution in [0, 0.1) is 5.92 Å². The zero-order valence-corrected chi connectivity index (χ0v) is 26.5. The Kier molecular flexibility index (Phi) is 8.76. The zero-order valence-electron chi connectivity index (χ0n) is 26.5. The van der Waals surface area contributed by atoms with E-state index in [4.69, 9.17) is 9.47 Å². The summed E-state index contributed by atoms with van der Waals surface area (Å²) in [5.74, 6) is 0.464. The summed E-state index contributed by atoms with van der Waals surface area (Å²) in [4.78, 5) is 57.6. The molecule has 44 heavy (non-hydrogen) atoms. The molecule has 1 aromatic heterocycles. The minimum Gasteiger partial charge on any atom is -0.497 e. The Balaban J connectivity index is 1.29. The first-order valence-corrected chi connectivity index (χ1v) is 15.2. The van der Waals surface area contributed by atoms with Crippen molar-refractivity contribution < 1.29 is 23.9 Å². The molecule has 2 aliphatic rings. The number of ether oxygens (including phenoxy) is 2. The van der Waals surface area contributed by atoms with Crippen LogP contribution in [0.1, 0.15) is 58.1 Å². The molecule has 0 saturated carbocycles. The molecule has 1 unspecified atom stereocenters. The topological polar surface area (TPSA) is 106 Å². The number of aryl methyl sites for hydroxylation is 1. The van der Waals surface area contributed by atoms with Gasteiger partial charge in [-0.15, -0.1) is 0 Å². The van der Waals surface area contributed by atoms with E-state index >= 15 is 0 Å².